The molecule has 1 aliphatic heterocycles. The van der Waals surface area contributed by atoms with Gasteiger partial charge in [-0.3, -0.25) is 4.79 Å². The van der Waals surface area contributed by atoms with Crippen LogP contribution in [0.4, 0.5) is 0 Å². The molecule has 20 heavy (non-hydrogen) atoms. The van der Waals surface area contributed by atoms with Crippen molar-refractivity contribution in [2.45, 2.75) is 39.5 Å². The number of halogens is 1. The number of hydrogen-bond acceptors (Lipinski definition) is 2. The van der Waals surface area contributed by atoms with Crippen LogP contribution >= 0.6 is 11.6 Å². The van der Waals surface area contributed by atoms with Gasteiger partial charge in [0, 0.05) is 18.7 Å². The molecule has 0 atom stereocenters. The van der Waals surface area contributed by atoms with E-state index in [4.69, 9.17) is 11.6 Å². The van der Waals surface area contributed by atoms with Crippen molar-refractivity contribution in [3.05, 3.63) is 28.8 Å². The van der Waals surface area contributed by atoms with Crippen molar-refractivity contribution >= 4 is 17.5 Å². The number of piperidine rings is 1. The normalized spacial score (nSPS) is 18.1. The Morgan fingerprint density at radius 1 is 1.30 bits per heavy atom. The van der Waals surface area contributed by atoms with Crippen LogP contribution in [0.1, 0.15) is 49.9 Å². The molecule has 4 heteroatoms. The monoisotopic (exact) mass is 295 g/mol. The number of carbonyl (C=O) groups is 1. The lowest BCUT2D eigenvalue weighted by molar-refractivity contribution is 0.0558. The molecule has 0 radical (unpaired) electrons. The smallest absolute Gasteiger partial charge is 0.253 e. The van der Waals surface area contributed by atoms with E-state index < -0.39 is 0 Å². The highest BCUT2D eigenvalue weighted by atomic mass is 35.5. The standard InChI is InChI=1S/C16H22ClNO2/c1-3-16(4-2)7-9-18(10-8-16)15(20)12-5-6-14(19)13(17)11-12/h5-6,11,19H,3-4,7-10H2,1-2H3. The van der Waals surface area contributed by atoms with Gasteiger partial charge < -0.3 is 10.0 Å². The summed E-state index contributed by atoms with van der Waals surface area (Å²) >= 11 is 5.87. The summed E-state index contributed by atoms with van der Waals surface area (Å²) in [6.45, 7) is 6.08. The van der Waals surface area contributed by atoms with Crippen molar-refractivity contribution < 1.29 is 9.90 Å². The Kier molecular flexibility index (Phi) is 4.59. The van der Waals surface area contributed by atoms with Crippen LogP contribution in [0, 0.1) is 5.41 Å². The lowest BCUT2D eigenvalue weighted by Crippen LogP contribution is -2.42. The Bertz CT molecular complexity index is 487. The number of amides is 1. The van der Waals surface area contributed by atoms with Crippen molar-refractivity contribution in [3.63, 3.8) is 0 Å². The van der Waals surface area contributed by atoms with Crippen molar-refractivity contribution in [1.82, 2.24) is 4.90 Å². The largest absolute Gasteiger partial charge is 0.506 e. The molecular weight excluding hydrogens is 274 g/mol. The minimum atomic E-state index is 0.00714. The number of benzene rings is 1. The average Bonchev–Trinajstić information content (AvgIpc) is 2.49. The number of likely N-dealkylation sites (tertiary alicyclic amines) is 1. The summed E-state index contributed by atoms with van der Waals surface area (Å²) in [5.74, 6) is 0.0190. The summed E-state index contributed by atoms with van der Waals surface area (Å²) in [5, 5.41) is 9.64. The molecule has 1 fully saturated rings. The molecular formula is C16H22ClNO2. The first-order valence-electron chi connectivity index (χ1n) is 7.29. The highest BCUT2D eigenvalue weighted by Crippen LogP contribution is 2.38. The second-order valence-electron chi connectivity index (χ2n) is 5.67. The SMILES string of the molecule is CCC1(CC)CCN(C(=O)c2ccc(O)c(Cl)c2)CC1. The molecule has 1 aromatic carbocycles. The van der Waals surface area contributed by atoms with Crippen molar-refractivity contribution in [1.29, 1.82) is 0 Å². The van der Waals surface area contributed by atoms with Gasteiger partial charge in [0.05, 0.1) is 5.02 Å². The van der Waals surface area contributed by atoms with E-state index in [1.807, 2.05) is 4.90 Å². The zero-order valence-corrected chi connectivity index (χ0v) is 12.9. The van der Waals surface area contributed by atoms with E-state index in [1.165, 1.54) is 18.9 Å². The number of phenols is 1. The fraction of sp³-hybridized carbons (Fsp3) is 0.562. The third kappa shape index (κ3) is 2.93. The van der Waals surface area contributed by atoms with E-state index in [0.717, 1.165) is 25.9 Å². The van der Waals surface area contributed by atoms with E-state index >= 15 is 0 Å². The van der Waals surface area contributed by atoms with Gasteiger partial charge in [-0.1, -0.05) is 38.3 Å². The molecule has 1 amide bonds. The number of aromatic hydroxyl groups is 1. The van der Waals surface area contributed by atoms with Crippen LogP contribution in [0.2, 0.25) is 5.02 Å². The van der Waals surface area contributed by atoms with Gasteiger partial charge in [0.25, 0.3) is 5.91 Å². The first-order chi connectivity index (χ1) is 9.51. The van der Waals surface area contributed by atoms with Crippen LogP contribution in [0.3, 0.4) is 0 Å². The Labute approximate surface area is 125 Å². The molecule has 3 nitrogen and oxygen atoms in total. The molecule has 1 saturated heterocycles. The summed E-state index contributed by atoms with van der Waals surface area (Å²) in [4.78, 5) is 14.3. The van der Waals surface area contributed by atoms with Crippen LogP contribution in [0.25, 0.3) is 0 Å². The predicted molar refractivity (Wildman–Crippen MR) is 81.3 cm³/mol. The van der Waals surface area contributed by atoms with Gasteiger partial charge in [0.2, 0.25) is 0 Å². The molecule has 0 spiro atoms. The van der Waals surface area contributed by atoms with E-state index in [2.05, 4.69) is 13.8 Å². The predicted octanol–water partition coefficient (Wildman–Crippen LogP) is 4.09. The molecule has 1 heterocycles. The van der Waals surface area contributed by atoms with Crippen LogP contribution in [0.5, 0.6) is 5.75 Å². The van der Waals surface area contributed by atoms with Crippen molar-refractivity contribution in [2.24, 2.45) is 5.41 Å². The van der Waals surface area contributed by atoms with E-state index in [-0.39, 0.29) is 16.7 Å². The molecule has 0 bridgehead atoms. The molecule has 1 N–H and O–H groups in total. The zero-order valence-electron chi connectivity index (χ0n) is 12.2. The van der Waals surface area contributed by atoms with Crippen LogP contribution in [0.15, 0.2) is 18.2 Å². The third-order valence-corrected chi connectivity index (χ3v) is 5.11. The van der Waals surface area contributed by atoms with Gasteiger partial charge in [-0.25, -0.2) is 0 Å². The minimum absolute atomic E-state index is 0.00714. The van der Waals surface area contributed by atoms with Gasteiger partial charge in [-0.2, -0.15) is 0 Å². The summed E-state index contributed by atoms with van der Waals surface area (Å²) in [5.41, 5.74) is 0.955. The first-order valence-corrected chi connectivity index (χ1v) is 7.67. The van der Waals surface area contributed by atoms with Gasteiger partial charge >= 0.3 is 0 Å². The van der Waals surface area contributed by atoms with Gasteiger partial charge in [-0.05, 0) is 36.5 Å². The van der Waals surface area contributed by atoms with Crippen LogP contribution < -0.4 is 0 Å². The second kappa shape index (κ2) is 6.04. The van der Waals surface area contributed by atoms with E-state index in [1.54, 1.807) is 12.1 Å². The lowest BCUT2D eigenvalue weighted by atomic mass is 9.74. The zero-order chi connectivity index (χ0) is 14.8. The third-order valence-electron chi connectivity index (χ3n) is 4.81. The van der Waals surface area contributed by atoms with Crippen molar-refractivity contribution in [2.75, 3.05) is 13.1 Å². The first kappa shape index (κ1) is 15.2. The van der Waals surface area contributed by atoms with Gasteiger partial charge in [0.15, 0.2) is 0 Å². The Morgan fingerprint density at radius 3 is 2.40 bits per heavy atom. The Balaban J connectivity index is 2.06. The molecule has 2 rings (SSSR count). The molecule has 0 aromatic heterocycles. The number of phenolic OH excluding ortho intramolecular Hbond substituents is 1. The maximum atomic E-state index is 12.4. The summed E-state index contributed by atoms with van der Waals surface area (Å²) in [6, 6.07) is 4.65. The molecule has 0 aliphatic carbocycles. The van der Waals surface area contributed by atoms with E-state index in [0.29, 0.717) is 11.0 Å². The Morgan fingerprint density at radius 2 is 1.90 bits per heavy atom. The number of rotatable bonds is 3. The molecule has 110 valence electrons. The van der Waals surface area contributed by atoms with Gasteiger partial charge in [0.1, 0.15) is 5.75 Å². The Hall–Kier alpha value is -1.22. The van der Waals surface area contributed by atoms with E-state index in [9.17, 15) is 9.90 Å². The molecule has 1 aliphatic rings. The lowest BCUT2D eigenvalue weighted by Gasteiger charge is -2.41. The number of hydrogen-bond donors (Lipinski definition) is 1. The quantitative estimate of drug-likeness (QED) is 0.912. The fourth-order valence-electron chi connectivity index (χ4n) is 2.96. The molecule has 1 aromatic rings. The van der Waals surface area contributed by atoms with Gasteiger partial charge in [-0.15, -0.1) is 0 Å². The van der Waals surface area contributed by atoms with Crippen LogP contribution in [-0.2, 0) is 0 Å². The fourth-order valence-corrected chi connectivity index (χ4v) is 3.14. The van der Waals surface area contributed by atoms with Crippen molar-refractivity contribution in [3.8, 4) is 5.75 Å². The maximum Gasteiger partial charge on any atom is 0.253 e. The highest BCUT2D eigenvalue weighted by molar-refractivity contribution is 6.32. The summed E-state index contributed by atoms with van der Waals surface area (Å²) < 4.78 is 0. The number of nitrogens with zero attached hydrogens (tertiary/aromatic N) is 1. The summed E-state index contributed by atoms with van der Waals surface area (Å²) in [6.07, 6.45) is 4.49. The molecule has 0 unspecified atom stereocenters. The summed E-state index contributed by atoms with van der Waals surface area (Å²) in [7, 11) is 0. The average molecular weight is 296 g/mol. The number of carbonyl (C=O) groups excluding carboxylic acids is 1. The highest BCUT2D eigenvalue weighted by Gasteiger charge is 2.33. The minimum Gasteiger partial charge on any atom is -0.506 e. The van der Waals surface area contributed by atoms with Crippen LogP contribution in [-0.4, -0.2) is 29.0 Å². The second-order valence-corrected chi connectivity index (χ2v) is 6.07. The molecule has 0 saturated carbocycles. The topological polar surface area (TPSA) is 40.5 Å². The maximum absolute atomic E-state index is 12.4.